The quantitative estimate of drug-likeness (QED) is 0.845. The van der Waals surface area contributed by atoms with Crippen molar-refractivity contribution in [1.29, 1.82) is 0 Å². The van der Waals surface area contributed by atoms with Crippen LogP contribution in [0.15, 0.2) is 21.3 Å². The molecule has 6 nitrogen and oxygen atoms in total. The van der Waals surface area contributed by atoms with Gasteiger partial charge in [-0.15, -0.1) is 0 Å². The van der Waals surface area contributed by atoms with Gasteiger partial charge >= 0.3 is 0 Å². The maximum Gasteiger partial charge on any atom is 0.266 e. The van der Waals surface area contributed by atoms with Crippen LogP contribution in [0, 0.1) is 0 Å². The van der Waals surface area contributed by atoms with Crippen LogP contribution in [0.25, 0.3) is 0 Å². The van der Waals surface area contributed by atoms with Gasteiger partial charge in [0.15, 0.2) is 0 Å². The van der Waals surface area contributed by atoms with Gasteiger partial charge in [-0.1, -0.05) is 20.8 Å². The van der Waals surface area contributed by atoms with Crippen LogP contribution in [0.3, 0.4) is 0 Å². The summed E-state index contributed by atoms with van der Waals surface area (Å²) in [4.78, 5) is 21.0. The third kappa shape index (κ3) is 3.55. The first-order chi connectivity index (χ1) is 10.9. The van der Waals surface area contributed by atoms with Crippen molar-refractivity contribution in [1.82, 2.24) is 15.0 Å². The number of rotatable bonds is 2. The molecule has 0 saturated carbocycles. The van der Waals surface area contributed by atoms with Gasteiger partial charge in [0.2, 0.25) is 5.89 Å². The van der Waals surface area contributed by atoms with Gasteiger partial charge < -0.3 is 14.3 Å². The SMILES string of the molecule is CC(C)(C)c1nc(N2CCCN(C(=O)c3ccsc3)CC2)no1. The van der Waals surface area contributed by atoms with Gasteiger partial charge in [-0.05, 0) is 23.0 Å². The zero-order valence-electron chi connectivity index (χ0n) is 13.8. The lowest BCUT2D eigenvalue weighted by atomic mass is 9.97. The van der Waals surface area contributed by atoms with Crippen LogP contribution in [0.4, 0.5) is 5.95 Å². The van der Waals surface area contributed by atoms with E-state index in [2.05, 4.69) is 15.0 Å². The molecule has 0 spiro atoms. The van der Waals surface area contributed by atoms with E-state index < -0.39 is 0 Å². The van der Waals surface area contributed by atoms with E-state index >= 15 is 0 Å². The highest BCUT2D eigenvalue weighted by Gasteiger charge is 2.26. The van der Waals surface area contributed by atoms with E-state index in [1.54, 1.807) is 11.3 Å². The van der Waals surface area contributed by atoms with Crippen molar-refractivity contribution in [3.8, 4) is 0 Å². The average Bonchev–Trinajstić information content (AvgIpc) is 3.14. The molecule has 1 aliphatic heterocycles. The number of hydrogen-bond donors (Lipinski definition) is 0. The molecule has 2 aromatic rings. The van der Waals surface area contributed by atoms with Crippen LogP contribution in [0.1, 0.15) is 43.4 Å². The fourth-order valence-corrected chi connectivity index (χ4v) is 3.17. The second-order valence-electron chi connectivity index (χ2n) is 6.79. The molecule has 1 fully saturated rings. The molecule has 3 rings (SSSR count). The molecule has 23 heavy (non-hydrogen) atoms. The van der Waals surface area contributed by atoms with Crippen LogP contribution in [-0.2, 0) is 5.41 Å². The summed E-state index contributed by atoms with van der Waals surface area (Å²) in [6, 6.07) is 1.88. The molecule has 0 radical (unpaired) electrons. The highest BCUT2D eigenvalue weighted by atomic mass is 32.1. The number of thiophene rings is 1. The first kappa shape index (κ1) is 16.0. The zero-order chi connectivity index (χ0) is 16.4. The van der Waals surface area contributed by atoms with Crippen LogP contribution >= 0.6 is 11.3 Å². The van der Waals surface area contributed by atoms with E-state index in [1.165, 1.54) is 0 Å². The van der Waals surface area contributed by atoms with Gasteiger partial charge in [-0.25, -0.2) is 0 Å². The third-order valence-electron chi connectivity index (χ3n) is 3.89. The summed E-state index contributed by atoms with van der Waals surface area (Å²) >= 11 is 1.55. The Bertz CT molecular complexity index is 660. The summed E-state index contributed by atoms with van der Waals surface area (Å²) in [5, 5.41) is 7.94. The smallest absolute Gasteiger partial charge is 0.266 e. The normalized spacial score (nSPS) is 16.5. The van der Waals surface area contributed by atoms with Gasteiger partial charge in [0, 0.05) is 37.0 Å². The molecule has 124 valence electrons. The van der Waals surface area contributed by atoms with Gasteiger partial charge in [-0.3, -0.25) is 4.79 Å². The minimum Gasteiger partial charge on any atom is -0.337 e. The Morgan fingerprint density at radius 1 is 1.26 bits per heavy atom. The van der Waals surface area contributed by atoms with Crippen molar-refractivity contribution in [2.75, 3.05) is 31.1 Å². The van der Waals surface area contributed by atoms with E-state index in [9.17, 15) is 4.79 Å². The minimum absolute atomic E-state index is 0.108. The summed E-state index contributed by atoms with van der Waals surface area (Å²) < 4.78 is 5.37. The summed E-state index contributed by atoms with van der Waals surface area (Å²) in [7, 11) is 0. The molecule has 0 N–H and O–H groups in total. The number of nitrogens with zero attached hydrogens (tertiary/aromatic N) is 4. The fourth-order valence-electron chi connectivity index (χ4n) is 2.54. The first-order valence-electron chi connectivity index (χ1n) is 7.86. The molecule has 3 heterocycles. The van der Waals surface area contributed by atoms with Gasteiger partial charge in [-0.2, -0.15) is 16.3 Å². The minimum atomic E-state index is -0.155. The van der Waals surface area contributed by atoms with Crippen molar-refractivity contribution >= 4 is 23.2 Å². The average molecular weight is 334 g/mol. The van der Waals surface area contributed by atoms with Crippen LogP contribution < -0.4 is 4.90 Å². The molecule has 0 aromatic carbocycles. The Kier molecular flexibility index (Phi) is 4.39. The Balaban J connectivity index is 1.67. The molecular weight excluding hydrogens is 312 g/mol. The Morgan fingerprint density at radius 3 is 2.74 bits per heavy atom. The summed E-state index contributed by atoms with van der Waals surface area (Å²) in [6.07, 6.45) is 0.898. The van der Waals surface area contributed by atoms with Gasteiger partial charge in [0.25, 0.3) is 11.9 Å². The molecule has 1 amide bonds. The maximum atomic E-state index is 12.5. The lowest BCUT2D eigenvalue weighted by molar-refractivity contribution is 0.0767. The predicted molar refractivity (Wildman–Crippen MR) is 90.1 cm³/mol. The molecule has 2 aromatic heterocycles. The van der Waals surface area contributed by atoms with E-state index in [0.717, 1.165) is 31.6 Å². The molecular formula is C16H22N4O2S. The zero-order valence-corrected chi connectivity index (χ0v) is 14.6. The molecule has 7 heteroatoms. The Hall–Kier alpha value is -1.89. The molecule has 1 aliphatic rings. The van der Waals surface area contributed by atoms with Gasteiger partial charge in [0.1, 0.15) is 0 Å². The number of carbonyl (C=O) groups excluding carboxylic acids is 1. The van der Waals surface area contributed by atoms with Crippen molar-refractivity contribution in [3.05, 3.63) is 28.3 Å². The van der Waals surface area contributed by atoms with Crippen LogP contribution in [0.5, 0.6) is 0 Å². The Labute approximate surface area is 140 Å². The monoisotopic (exact) mass is 334 g/mol. The third-order valence-corrected chi connectivity index (χ3v) is 4.57. The van der Waals surface area contributed by atoms with Crippen LogP contribution in [0.2, 0.25) is 0 Å². The van der Waals surface area contributed by atoms with E-state index in [4.69, 9.17) is 4.52 Å². The maximum absolute atomic E-state index is 12.5. The van der Waals surface area contributed by atoms with Crippen molar-refractivity contribution in [2.24, 2.45) is 0 Å². The first-order valence-corrected chi connectivity index (χ1v) is 8.80. The standard InChI is InChI=1S/C16H22N4O2S/c1-16(2,3)14-17-15(18-22-14)20-7-4-6-19(8-9-20)13(21)12-5-10-23-11-12/h5,10-11H,4,6-9H2,1-3H3. The molecule has 0 atom stereocenters. The lowest BCUT2D eigenvalue weighted by Crippen LogP contribution is -2.35. The van der Waals surface area contributed by atoms with Crippen molar-refractivity contribution in [2.45, 2.75) is 32.6 Å². The number of amides is 1. The van der Waals surface area contributed by atoms with Crippen molar-refractivity contribution < 1.29 is 9.32 Å². The summed E-state index contributed by atoms with van der Waals surface area (Å²) in [6.45, 7) is 9.13. The molecule has 1 saturated heterocycles. The molecule has 0 bridgehead atoms. The second-order valence-corrected chi connectivity index (χ2v) is 7.57. The highest BCUT2D eigenvalue weighted by molar-refractivity contribution is 7.08. The highest BCUT2D eigenvalue weighted by Crippen LogP contribution is 2.23. The van der Waals surface area contributed by atoms with E-state index in [-0.39, 0.29) is 11.3 Å². The summed E-state index contributed by atoms with van der Waals surface area (Å²) in [5.41, 5.74) is 0.621. The fraction of sp³-hybridized carbons (Fsp3) is 0.562. The predicted octanol–water partition coefficient (Wildman–Crippen LogP) is 2.78. The topological polar surface area (TPSA) is 62.5 Å². The number of anilines is 1. The number of aromatic nitrogens is 2. The number of hydrogen-bond acceptors (Lipinski definition) is 6. The number of carbonyl (C=O) groups is 1. The van der Waals surface area contributed by atoms with E-state index in [0.29, 0.717) is 18.4 Å². The van der Waals surface area contributed by atoms with Gasteiger partial charge in [0.05, 0.1) is 5.56 Å². The largest absolute Gasteiger partial charge is 0.337 e. The lowest BCUT2D eigenvalue weighted by Gasteiger charge is -2.20. The summed E-state index contributed by atoms with van der Waals surface area (Å²) in [5.74, 6) is 1.37. The van der Waals surface area contributed by atoms with Crippen LogP contribution in [-0.4, -0.2) is 47.1 Å². The Morgan fingerprint density at radius 2 is 2.09 bits per heavy atom. The second kappa shape index (κ2) is 6.31. The molecule has 0 aliphatic carbocycles. The van der Waals surface area contributed by atoms with Crippen molar-refractivity contribution in [3.63, 3.8) is 0 Å². The van der Waals surface area contributed by atoms with E-state index in [1.807, 2.05) is 42.5 Å². The molecule has 0 unspecified atom stereocenters.